The summed E-state index contributed by atoms with van der Waals surface area (Å²) < 4.78 is 0. The molecule has 0 bridgehead atoms. The normalized spacial score (nSPS) is 23.8. The number of carboxylic acid groups (broad SMARTS) is 1. The van der Waals surface area contributed by atoms with Gasteiger partial charge < -0.3 is 10.0 Å². The summed E-state index contributed by atoms with van der Waals surface area (Å²) in [7, 11) is 0. The minimum absolute atomic E-state index is 0.184. The molecule has 1 unspecified atom stereocenters. The molecular formula is C9H15NO2S. The molecule has 1 aliphatic heterocycles. The zero-order chi connectivity index (χ0) is 10.2. The van der Waals surface area contributed by atoms with E-state index in [0.717, 1.165) is 11.4 Å². The van der Waals surface area contributed by atoms with E-state index >= 15 is 0 Å². The molecule has 3 nitrogen and oxygen atoms in total. The van der Waals surface area contributed by atoms with E-state index < -0.39 is 12.0 Å². The second kappa shape index (κ2) is 3.25. The second-order valence-electron chi connectivity index (χ2n) is 4.33. The van der Waals surface area contributed by atoms with Crippen molar-refractivity contribution >= 4 is 23.2 Å². The van der Waals surface area contributed by atoms with Crippen molar-refractivity contribution in [3.8, 4) is 0 Å². The number of hydrogen-bond acceptors (Lipinski definition) is 2. The van der Waals surface area contributed by atoms with Crippen molar-refractivity contribution in [1.82, 2.24) is 4.90 Å². The van der Waals surface area contributed by atoms with Crippen LogP contribution < -0.4 is 0 Å². The van der Waals surface area contributed by atoms with E-state index in [2.05, 4.69) is 0 Å². The van der Waals surface area contributed by atoms with Crippen LogP contribution in [0.4, 0.5) is 0 Å². The highest BCUT2D eigenvalue weighted by atomic mass is 32.1. The molecule has 1 fully saturated rings. The molecule has 0 spiro atoms. The van der Waals surface area contributed by atoms with Crippen LogP contribution in [-0.2, 0) is 4.79 Å². The molecule has 1 aliphatic rings. The van der Waals surface area contributed by atoms with E-state index in [0.29, 0.717) is 6.42 Å². The van der Waals surface area contributed by atoms with Gasteiger partial charge in [0.1, 0.15) is 6.04 Å². The summed E-state index contributed by atoms with van der Waals surface area (Å²) in [6.07, 6.45) is 1.37. The molecule has 1 saturated heterocycles. The van der Waals surface area contributed by atoms with Crippen molar-refractivity contribution in [3.63, 3.8) is 0 Å². The molecule has 0 radical (unpaired) electrons. The lowest BCUT2D eigenvalue weighted by Crippen LogP contribution is -2.49. The summed E-state index contributed by atoms with van der Waals surface area (Å²) >= 11 is 5.15. The fraction of sp³-hybridized carbons (Fsp3) is 0.778. The molecule has 1 heterocycles. The van der Waals surface area contributed by atoms with Crippen LogP contribution in [0.15, 0.2) is 0 Å². The highest BCUT2D eigenvalue weighted by Crippen LogP contribution is 2.28. The van der Waals surface area contributed by atoms with E-state index in [1.807, 2.05) is 25.7 Å². The van der Waals surface area contributed by atoms with E-state index in [1.165, 1.54) is 0 Å². The van der Waals surface area contributed by atoms with Crippen LogP contribution in [0.5, 0.6) is 0 Å². The van der Waals surface area contributed by atoms with Crippen molar-refractivity contribution in [2.45, 2.75) is 45.2 Å². The Balaban J connectivity index is 2.90. The highest BCUT2D eigenvalue weighted by Gasteiger charge is 2.39. The standard InChI is InChI=1S/C9H15NO2S/c1-9(2,3)10-6(8(11)12)4-5-7(10)13/h6H,4-5H2,1-3H3,(H,11,12). The molecule has 1 N–H and O–H groups in total. The molecule has 0 saturated carbocycles. The molecule has 13 heavy (non-hydrogen) atoms. The van der Waals surface area contributed by atoms with Crippen LogP contribution in [0.3, 0.4) is 0 Å². The average molecular weight is 201 g/mol. The zero-order valence-corrected chi connectivity index (χ0v) is 9.02. The van der Waals surface area contributed by atoms with E-state index in [-0.39, 0.29) is 5.54 Å². The summed E-state index contributed by atoms with van der Waals surface area (Å²) in [4.78, 5) is 13.5. The molecule has 74 valence electrons. The maximum absolute atomic E-state index is 10.9. The number of thiocarbonyl (C=S) groups is 1. The fourth-order valence-electron chi connectivity index (χ4n) is 1.76. The summed E-state index contributed by atoms with van der Waals surface area (Å²) in [6.45, 7) is 5.96. The van der Waals surface area contributed by atoms with Gasteiger partial charge in [-0.15, -0.1) is 0 Å². The third-order valence-electron chi connectivity index (χ3n) is 2.22. The van der Waals surface area contributed by atoms with Crippen molar-refractivity contribution in [2.75, 3.05) is 0 Å². The van der Waals surface area contributed by atoms with Crippen LogP contribution in [0.2, 0.25) is 0 Å². The zero-order valence-electron chi connectivity index (χ0n) is 8.20. The van der Waals surface area contributed by atoms with Gasteiger partial charge in [0.2, 0.25) is 0 Å². The molecule has 0 aromatic heterocycles. The first-order valence-corrected chi connectivity index (χ1v) is 4.80. The van der Waals surface area contributed by atoms with Crippen LogP contribution in [0.1, 0.15) is 33.6 Å². The maximum atomic E-state index is 10.9. The Morgan fingerprint density at radius 3 is 2.46 bits per heavy atom. The van der Waals surface area contributed by atoms with Crippen LogP contribution in [0, 0.1) is 0 Å². The second-order valence-corrected chi connectivity index (χ2v) is 4.80. The minimum atomic E-state index is -0.769. The smallest absolute Gasteiger partial charge is 0.326 e. The van der Waals surface area contributed by atoms with Gasteiger partial charge in [-0.1, -0.05) is 12.2 Å². The van der Waals surface area contributed by atoms with Crippen molar-refractivity contribution in [3.05, 3.63) is 0 Å². The monoisotopic (exact) mass is 201 g/mol. The van der Waals surface area contributed by atoms with Crippen molar-refractivity contribution in [1.29, 1.82) is 0 Å². The number of hydrogen-bond donors (Lipinski definition) is 1. The summed E-state index contributed by atoms with van der Waals surface area (Å²) in [5.74, 6) is -0.769. The maximum Gasteiger partial charge on any atom is 0.326 e. The molecule has 0 aromatic carbocycles. The van der Waals surface area contributed by atoms with Crippen molar-refractivity contribution in [2.24, 2.45) is 0 Å². The number of carboxylic acids is 1. The Morgan fingerprint density at radius 1 is 1.62 bits per heavy atom. The molecule has 4 heteroatoms. The van der Waals surface area contributed by atoms with Crippen LogP contribution >= 0.6 is 12.2 Å². The number of likely N-dealkylation sites (tertiary alicyclic amines) is 1. The van der Waals surface area contributed by atoms with Gasteiger partial charge in [0.25, 0.3) is 0 Å². The summed E-state index contributed by atoms with van der Waals surface area (Å²) in [5, 5.41) is 8.96. The van der Waals surface area contributed by atoms with Gasteiger partial charge in [0.05, 0.1) is 4.99 Å². The fourth-order valence-corrected chi connectivity index (χ4v) is 2.28. The topological polar surface area (TPSA) is 40.5 Å². The molecule has 0 amide bonds. The molecule has 0 aliphatic carbocycles. The lowest BCUT2D eigenvalue weighted by atomic mass is 10.0. The van der Waals surface area contributed by atoms with E-state index in [4.69, 9.17) is 17.3 Å². The van der Waals surface area contributed by atoms with Gasteiger partial charge in [-0.25, -0.2) is 4.79 Å². The van der Waals surface area contributed by atoms with E-state index in [1.54, 1.807) is 0 Å². The minimum Gasteiger partial charge on any atom is -0.480 e. The molecular weight excluding hydrogens is 186 g/mol. The molecule has 1 rings (SSSR count). The molecule has 1 atom stereocenters. The first-order valence-electron chi connectivity index (χ1n) is 4.39. The lowest BCUT2D eigenvalue weighted by molar-refractivity contribution is -0.142. The Kier molecular flexibility index (Phi) is 2.61. The quantitative estimate of drug-likeness (QED) is 0.655. The lowest BCUT2D eigenvalue weighted by Gasteiger charge is -2.36. The van der Waals surface area contributed by atoms with Gasteiger partial charge >= 0.3 is 5.97 Å². The predicted octanol–water partition coefficient (Wildman–Crippen LogP) is 1.66. The van der Waals surface area contributed by atoms with Gasteiger partial charge in [-0.2, -0.15) is 0 Å². The third-order valence-corrected chi connectivity index (χ3v) is 2.62. The Morgan fingerprint density at radius 2 is 2.15 bits per heavy atom. The van der Waals surface area contributed by atoms with Crippen molar-refractivity contribution < 1.29 is 9.90 Å². The number of nitrogens with zero attached hydrogens (tertiary/aromatic N) is 1. The van der Waals surface area contributed by atoms with Crippen LogP contribution in [-0.4, -0.2) is 32.5 Å². The predicted molar refractivity (Wildman–Crippen MR) is 54.8 cm³/mol. The summed E-state index contributed by atoms with van der Waals surface area (Å²) in [6, 6.07) is -0.424. The SMILES string of the molecule is CC(C)(C)N1C(=S)CCC1C(=O)O. The van der Waals surface area contributed by atoms with Gasteiger partial charge in [0.15, 0.2) is 0 Å². The largest absolute Gasteiger partial charge is 0.480 e. The Bertz CT molecular complexity index is 244. The van der Waals surface area contributed by atoms with E-state index in [9.17, 15) is 4.79 Å². The highest BCUT2D eigenvalue weighted by molar-refractivity contribution is 7.80. The average Bonchev–Trinajstić information content (AvgIpc) is 2.28. The van der Waals surface area contributed by atoms with Gasteiger partial charge in [0, 0.05) is 12.0 Å². The summed E-state index contributed by atoms with van der Waals surface area (Å²) in [5.41, 5.74) is -0.184. The number of aliphatic carboxylic acids is 1. The van der Waals surface area contributed by atoms with Crippen LogP contribution in [0.25, 0.3) is 0 Å². The Hall–Kier alpha value is -0.640. The molecule has 0 aromatic rings. The van der Waals surface area contributed by atoms with Gasteiger partial charge in [-0.3, -0.25) is 0 Å². The Labute approximate surface area is 83.7 Å². The number of rotatable bonds is 1. The third kappa shape index (κ3) is 1.99. The first-order chi connectivity index (χ1) is 5.84. The van der Waals surface area contributed by atoms with Gasteiger partial charge in [-0.05, 0) is 27.2 Å². The number of carbonyl (C=O) groups is 1. The first kappa shape index (κ1) is 10.4.